The van der Waals surface area contributed by atoms with Crippen LogP contribution < -0.4 is 16.0 Å². The highest BCUT2D eigenvalue weighted by molar-refractivity contribution is 8.12. The first kappa shape index (κ1) is 19.9. The summed E-state index contributed by atoms with van der Waals surface area (Å²) < 4.78 is 0. The molecule has 3 amide bonds. The van der Waals surface area contributed by atoms with Gasteiger partial charge in [0.2, 0.25) is 11.7 Å². The first-order chi connectivity index (χ1) is 12.4. The highest BCUT2D eigenvalue weighted by atomic mass is 32.2. The van der Waals surface area contributed by atoms with Gasteiger partial charge in [-0.05, 0) is 24.5 Å². The summed E-state index contributed by atoms with van der Waals surface area (Å²) in [6.45, 7) is 3.92. The smallest absolute Gasteiger partial charge is 0.289 e. The van der Waals surface area contributed by atoms with Crippen molar-refractivity contribution in [3.63, 3.8) is 0 Å². The van der Waals surface area contributed by atoms with E-state index in [1.54, 1.807) is 26.1 Å². The summed E-state index contributed by atoms with van der Waals surface area (Å²) in [7, 11) is 0. The van der Waals surface area contributed by atoms with E-state index in [4.69, 9.17) is 0 Å². The number of thioether (sulfide) groups is 1. The molecule has 2 rings (SSSR count). The standard InChI is InChI=1S/C17H22N4O4S/c1-10(2)13(15(23)20-12-6-8-19-16(24)14(12)22)21-17(25)26-9-11-5-3-4-7-18-11/h3-5,7,10,12-13H,6,8-9H2,1-2H3,(H,19,24)(H,20,23)(H,21,25). The van der Waals surface area contributed by atoms with Gasteiger partial charge in [-0.3, -0.25) is 24.2 Å². The molecule has 0 spiro atoms. The number of nitrogens with one attached hydrogen (secondary N) is 3. The molecule has 2 heterocycles. The second-order valence-electron chi connectivity index (χ2n) is 6.23. The van der Waals surface area contributed by atoms with E-state index in [0.29, 0.717) is 18.7 Å². The molecular weight excluding hydrogens is 356 g/mol. The summed E-state index contributed by atoms with van der Waals surface area (Å²) in [6.07, 6.45) is 1.99. The zero-order chi connectivity index (χ0) is 19.1. The van der Waals surface area contributed by atoms with E-state index in [-0.39, 0.29) is 11.2 Å². The molecule has 2 atom stereocenters. The van der Waals surface area contributed by atoms with Crippen molar-refractivity contribution >= 4 is 34.6 Å². The third-order valence-corrected chi connectivity index (χ3v) is 4.70. The van der Waals surface area contributed by atoms with Gasteiger partial charge in [0.05, 0.1) is 11.7 Å². The molecular formula is C17H22N4O4S. The molecule has 0 bridgehead atoms. The topological polar surface area (TPSA) is 117 Å². The lowest BCUT2D eigenvalue weighted by atomic mass is 10.0. The van der Waals surface area contributed by atoms with Crippen molar-refractivity contribution in [3.05, 3.63) is 30.1 Å². The Morgan fingerprint density at radius 2 is 2.12 bits per heavy atom. The lowest BCUT2D eigenvalue weighted by Crippen LogP contribution is -2.57. The van der Waals surface area contributed by atoms with E-state index < -0.39 is 29.7 Å². The Balaban J connectivity index is 1.90. The number of ketones is 1. The molecule has 1 aromatic heterocycles. The Hall–Kier alpha value is -2.42. The normalized spacial score (nSPS) is 18.2. The molecule has 8 nitrogen and oxygen atoms in total. The fraction of sp³-hybridized carbons (Fsp3) is 0.471. The van der Waals surface area contributed by atoms with Crippen LogP contribution in [0.2, 0.25) is 0 Å². The first-order valence-electron chi connectivity index (χ1n) is 8.34. The summed E-state index contributed by atoms with van der Waals surface area (Å²) in [5.41, 5.74) is 0.761. The van der Waals surface area contributed by atoms with E-state index in [2.05, 4.69) is 20.9 Å². The number of carbonyl (C=O) groups is 4. The maximum atomic E-state index is 12.5. The SMILES string of the molecule is CC(C)C(NC(=O)SCc1ccccn1)C(=O)NC1CCNC(=O)C1=O. The number of pyridine rings is 1. The van der Waals surface area contributed by atoms with Gasteiger partial charge in [-0.2, -0.15) is 0 Å². The summed E-state index contributed by atoms with van der Waals surface area (Å²) in [5.74, 6) is -1.62. The molecule has 0 saturated carbocycles. The second kappa shape index (κ2) is 9.33. The van der Waals surface area contributed by atoms with Gasteiger partial charge >= 0.3 is 0 Å². The van der Waals surface area contributed by atoms with Crippen molar-refractivity contribution in [2.24, 2.45) is 5.92 Å². The molecule has 0 aromatic carbocycles. The van der Waals surface area contributed by atoms with Crippen LogP contribution in [-0.2, 0) is 20.1 Å². The summed E-state index contributed by atoms with van der Waals surface area (Å²) in [4.78, 5) is 52.0. The predicted octanol–water partition coefficient (Wildman–Crippen LogP) is 0.623. The number of hydrogen-bond donors (Lipinski definition) is 3. The van der Waals surface area contributed by atoms with Gasteiger partial charge in [0.15, 0.2) is 0 Å². The first-order valence-corrected chi connectivity index (χ1v) is 9.32. The van der Waals surface area contributed by atoms with Gasteiger partial charge in [-0.1, -0.05) is 31.7 Å². The number of nitrogens with zero attached hydrogens (tertiary/aromatic N) is 1. The maximum absolute atomic E-state index is 12.5. The molecule has 2 unspecified atom stereocenters. The Bertz CT molecular complexity index is 681. The van der Waals surface area contributed by atoms with Crippen molar-refractivity contribution in [2.45, 2.75) is 38.1 Å². The van der Waals surface area contributed by atoms with Crippen molar-refractivity contribution in [3.8, 4) is 0 Å². The average molecular weight is 378 g/mol. The van der Waals surface area contributed by atoms with Crippen LogP contribution in [0.3, 0.4) is 0 Å². The summed E-state index contributed by atoms with van der Waals surface area (Å²) in [6, 6.07) is 3.79. The molecule has 26 heavy (non-hydrogen) atoms. The minimum absolute atomic E-state index is 0.179. The second-order valence-corrected chi connectivity index (χ2v) is 7.18. The molecule has 1 aromatic rings. The molecule has 3 N–H and O–H groups in total. The third-order valence-electron chi connectivity index (χ3n) is 3.88. The van der Waals surface area contributed by atoms with Crippen LogP contribution >= 0.6 is 11.8 Å². The predicted molar refractivity (Wildman–Crippen MR) is 97.3 cm³/mol. The number of hydrogen-bond acceptors (Lipinski definition) is 6. The van der Waals surface area contributed by atoms with Crippen molar-refractivity contribution in [1.82, 2.24) is 20.9 Å². The fourth-order valence-corrected chi connectivity index (χ4v) is 3.09. The average Bonchev–Trinajstić information content (AvgIpc) is 2.62. The van der Waals surface area contributed by atoms with Crippen LogP contribution in [0.5, 0.6) is 0 Å². The van der Waals surface area contributed by atoms with Crippen LogP contribution in [0.4, 0.5) is 4.79 Å². The van der Waals surface area contributed by atoms with Crippen LogP contribution in [0, 0.1) is 5.92 Å². The third kappa shape index (κ3) is 5.55. The zero-order valence-electron chi connectivity index (χ0n) is 14.7. The van der Waals surface area contributed by atoms with Crippen molar-refractivity contribution in [1.29, 1.82) is 0 Å². The van der Waals surface area contributed by atoms with Gasteiger partial charge in [0, 0.05) is 18.5 Å². The summed E-state index contributed by atoms with van der Waals surface area (Å²) >= 11 is 1.02. The Morgan fingerprint density at radius 1 is 1.35 bits per heavy atom. The summed E-state index contributed by atoms with van der Waals surface area (Å²) in [5, 5.41) is 7.33. The number of amides is 3. The monoisotopic (exact) mass is 378 g/mol. The number of Topliss-reactive ketones (excluding diaryl/α,β-unsaturated/α-hetero) is 1. The Kier molecular flexibility index (Phi) is 7.14. The number of carbonyl (C=O) groups excluding carboxylic acids is 4. The minimum Gasteiger partial charge on any atom is -0.349 e. The molecule has 1 aliphatic rings. The molecule has 9 heteroatoms. The largest absolute Gasteiger partial charge is 0.349 e. The number of piperidine rings is 1. The number of aromatic nitrogens is 1. The lowest BCUT2D eigenvalue weighted by molar-refractivity contribution is -0.142. The molecule has 1 aliphatic heterocycles. The van der Waals surface area contributed by atoms with Crippen LogP contribution in [0.1, 0.15) is 26.0 Å². The van der Waals surface area contributed by atoms with Gasteiger partial charge in [-0.15, -0.1) is 0 Å². The van der Waals surface area contributed by atoms with Crippen molar-refractivity contribution in [2.75, 3.05) is 6.54 Å². The van der Waals surface area contributed by atoms with Gasteiger partial charge in [-0.25, -0.2) is 0 Å². The van der Waals surface area contributed by atoms with Gasteiger partial charge < -0.3 is 16.0 Å². The molecule has 0 radical (unpaired) electrons. The lowest BCUT2D eigenvalue weighted by Gasteiger charge is -2.26. The van der Waals surface area contributed by atoms with Crippen LogP contribution in [0.25, 0.3) is 0 Å². The van der Waals surface area contributed by atoms with E-state index in [0.717, 1.165) is 17.5 Å². The highest BCUT2D eigenvalue weighted by Crippen LogP contribution is 2.13. The van der Waals surface area contributed by atoms with E-state index in [9.17, 15) is 19.2 Å². The molecule has 1 saturated heterocycles. The zero-order valence-corrected chi connectivity index (χ0v) is 15.5. The van der Waals surface area contributed by atoms with E-state index >= 15 is 0 Å². The highest BCUT2D eigenvalue weighted by Gasteiger charge is 2.33. The van der Waals surface area contributed by atoms with Crippen molar-refractivity contribution < 1.29 is 19.2 Å². The van der Waals surface area contributed by atoms with E-state index in [1.807, 2.05) is 12.1 Å². The Labute approximate surface area is 155 Å². The van der Waals surface area contributed by atoms with Crippen LogP contribution in [-0.4, -0.2) is 46.4 Å². The number of rotatable bonds is 6. The minimum atomic E-state index is -0.851. The molecule has 1 fully saturated rings. The van der Waals surface area contributed by atoms with E-state index in [1.165, 1.54) is 0 Å². The van der Waals surface area contributed by atoms with Crippen LogP contribution in [0.15, 0.2) is 24.4 Å². The van der Waals surface area contributed by atoms with Gasteiger partial charge in [0.1, 0.15) is 6.04 Å². The maximum Gasteiger partial charge on any atom is 0.289 e. The fourth-order valence-electron chi connectivity index (χ4n) is 2.43. The Morgan fingerprint density at radius 3 is 2.77 bits per heavy atom. The van der Waals surface area contributed by atoms with Gasteiger partial charge in [0.25, 0.3) is 11.1 Å². The molecule has 0 aliphatic carbocycles. The quantitative estimate of drug-likeness (QED) is 0.625. The molecule has 140 valence electrons.